The van der Waals surface area contributed by atoms with Crippen molar-refractivity contribution in [2.75, 3.05) is 6.54 Å². The lowest BCUT2D eigenvalue weighted by Gasteiger charge is -2.18. The van der Waals surface area contributed by atoms with Crippen LogP contribution in [0.5, 0.6) is 0 Å². The van der Waals surface area contributed by atoms with E-state index in [0.717, 1.165) is 83.5 Å². The van der Waals surface area contributed by atoms with Crippen molar-refractivity contribution in [3.05, 3.63) is 36.5 Å². The van der Waals surface area contributed by atoms with Crippen molar-refractivity contribution in [1.29, 1.82) is 0 Å². The molecule has 0 rings (SSSR count). The fourth-order valence-corrected chi connectivity index (χ4v) is 5.59. The van der Waals surface area contributed by atoms with Crippen LogP contribution in [-0.4, -0.2) is 35.6 Å². The van der Waals surface area contributed by atoms with Gasteiger partial charge >= 0.3 is 11.9 Å². The third-order valence-corrected chi connectivity index (χ3v) is 8.53. The van der Waals surface area contributed by atoms with Crippen molar-refractivity contribution in [3.8, 4) is 0 Å². The molecule has 1 amide bonds. The second-order valence-electron chi connectivity index (χ2n) is 13.2. The van der Waals surface area contributed by atoms with E-state index in [2.05, 4.69) is 55.6 Å². The molecule has 0 spiro atoms. The molecule has 1 atom stereocenters. The molecule has 0 radical (unpaired) electrons. The Kier molecular flexibility index (Phi) is 34.6. The van der Waals surface area contributed by atoms with Crippen molar-refractivity contribution in [1.82, 2.24) is 5.32 Å². The summed E-state index contributed by atoms with van der Waals surface area (Å²) < 4.78 is 5.98. The molecule has 0 saturated carbocycles. The van der Waals surface area contributed by atoms with Crippen LogP contribution in [-0.2, 0) is 19.1 Å². The first-order valence-corrected chi connectivity index (χ1v) is 19.6. The summed E-state index contributed by atoms with van der Waals surface area (Å²) in [5.74, 6) is -1.27. The van der Waals surface area contributed by atoms with Crippen molar-refractivity contribution in [3.63, 3.8) is 0 Å². The van der Waals surface area contributed by atoms with Crippen LogP contribution in [0.2, 0.25) is 0 Å². The zero-order chi connectivity index (χ0) is 34.5. The summed E-state index contributed by atoms with van der Waals surface area (Å²) >= 11 is 0. The van der Waals surface area contributed by atoms with Gasteiger partial charge in [0.05, 0.1) is 0 Å². The van der Waals surface area contributed by atoms with E-state index >= 15 is 0 Å². The van der Waals surface area contributed by atoms with Gasteiger partial charge in [-0.15, -0.1) is 0 Å². The summed E-state index contributed by atoms with van der Waals surface area (Å²) in [6.45, 7) is 4.17. The minimum atomic E-state index is -1.02. The molecule has 0 aliphatic carbocycles. The van der Waals surface area contributed by atoms with Gasteiger partial charge in [0, 0.05) is 12.8 Å². The van der Waals surface area contributed by atoms with Gasteiger partial charge in [-0.1, -0.05) is 134 Å². The number of carboxylic acid groups (broad SMARTS) is 1. The maximum Gasteiger partial charge on any atom is 0.322 e. The summed E-state index contributed by atoms with van der Waals surface area (Å²) in [6.07, 6.45) is 44.0. The molecular formula is C41H73NO5. The molecule has 6 nitrogen and oxygen atoms in total. The Bertz CT molecular complexity index is 819. The van der Waals surface area contributed by atoms with E-state index in [0.29, 0.717) is 12.8 Å². The summed E-state index contributed by atoms with van der Waals surface area (Å²) in [7, 11) is 0. The molecule has 1 unspecified atom stereocenters. The summed E-state index contributed by atoms with van der Waals surface area (Å²) in [5, 5.41) is 11.1. The molecule has 47 heavy (non-hydrogen) atoms. The van der Waals surface area contributed by atoms with Crippen LogP contribution in [0.3, 0.4) is 0 Å². The minimum Gasteiger partial charge on any atom is -0.480 e. The van der Waals surface area contributed by atoms with Crippen LogP contribution < -0.4 is 5.32 Å². The minimum absolute atomic E-state index is 0.00969. The van der Waals surface area contributed by atoms with Crippen molar-refractivity contribution in [2.45, 2.75) is 200 Å². The number of rotatable bonds is 35. The Balaban J connectivity index is 4.24. The normalized spacial score (nSPS) is 12.4. The van der Waals surface area contributed by atoms with Crippen molar-refractivity contribution >= 4 is 17.8 Å². The standard InChI is InChI=1S/C41H73NO5/c1-3-5-7-9-11-13-15-16-17-19-21-23-28-32-36-41(46)47-38(33-29-25-22-20-18-14-12-10-8-6-4-2)34-30-26-24-27-31-35-39(43)42-37-40(44)45/h9,11,15-16,20,22,38H,3-8,10,12-14,17-19,21,23-37H2,1-2H3,(H,42,43)(H,44,45)/b11-9-,16-15-,22-20-. The number of amides is 1. The Morgan fingerprint density at radius 2 is 1.02 bits per heavy atom. The first-order valence-electron chi connectivity index (χ1n) is 19.6. The zero-order valence-electron chi connectivity index (χ0n) is 30.6. The van der Waals surface area contributed by atoms with Gasteiger partial charge in [-0.2, -0.15) is 0 Å². The van der Waals surface area contributed by atoms with Crippen LogP contribution in [0.15, 0.2) is 36.5 Å². The topological polar surface area (TPSA) is 92.7 Å². The molecule has 0 saturated heterocycles. The molecule has 0 heterocycles. The predicted molar refractivity (Wildman–Crippen MR) is 199 cm³/mol. The van der Waals surface area contributed by atoms with E-state index in [9.17, 15) is 14.4 Å². The van der Waals surface area contributed by atoms with Gasteiger partial charge in [0.1, 0.15) is 12.6 Å². The van der Waals surface area contributed by atoms with Crippen LogP contribution in [0.1, 0.15) is 194 Å². The van der Waals surface area contributed by atoms with E-state index in [1.165, 1.54) is 83.5 Å². The first kappa shape index (κ1) is 44.6. The maximum atomic E-state index is 12.7. The van der Waals surface area contributed by atoms with E-state index in [-0.39, 0.29) is 24.5 Å². The second kappa shape index (κ2) is 36.5. The molecular weight excluding hydrogens is 586 g/mol. The smallest absolute Gasteiger partial charge is 0.322 e. The molecule has 272 valence electrons. The highest BCUT2D eigenvalue weighted by atomic mass is 16.5. The third-order valence-electron chi connectivity index (χ3n) is 8.53. The third kappa shape index (κ3) is 36.3. The highest BCUT2D eigenvalue weighted by molar-refractivity contribution is 5.80. The fraction of sp³-hybridized carbons (Fsp3) is 0.780. The van der Waals surface area contributed by atoms with E-state index in [1.807, 2.05) is 0 Å². The van der Waals surface area contributed by atoms with Crippen LogP contribution in [0, 0.1) is 0 Å². The number of carboxylic acids is 1. The molecule has 0 aromatic heterocycles. The Hall–Kier alpha value is -2.37. The van der Waals surface area contributed by atoms with E-state index in [1.54, 1.807) is 0 Å². The molecule has 2 N–H and O–H groups in total. The highest BCUT2D eigenvalue weighted by Gasteiger charge is 2.14. The molecule has 0 aliphatic rings. The number of hydrogen-bond donors (Lipinski definition) is 2. The average molecular weight is 660 g/mol. The number of nitrogens with one attached hydrogen (secondary N) is 1. The monoisotopic (exact) mass is 660 g/mol. The molecule has 0 fully saturated rings. The average Bonchev–Trinajstić information content (AvgIpc) is 3.05. The second-order valence-corrected chi connectivity index (χ2v) is 13.2. The SMILES string of the molecule is CCCC/C=C\C/C=C\CCCCCCCC(=O)OC(CCC/C=C\CCCCCCCC)CCCCCCCC(=O)NCC(=O)O. The molecule has 0 aromatic carbocycles. The van der Waals surface area contributed by atoms with Crippen molar-refractivity contribution < 1.29 is 24.2 Å². The van der Waals surface area contributed by atoms with Crippen LogP contribution in [0.25, 0.3) is 0 Å². The lowest BCUT2D eigenvalue weighted by Crippen LogP contribution is -2.28. The summed E-state index contributed by atoms with van der Waals surface area (Å²) in [5.41, 5.74) is 0. The van der Waals surface area contributed by atoms with Gasteiger partial charge in [-0.25, -0.2) is 0 Å². The van der Waals surface area contributed by atoms with Gasteiger partial charge in [-0.05, 0) is 83.5 Å². The molecule has 0 bridgehead atoms. The summed E-state index contributed by atoms with van der Waals surface area (Å²) in [4.78, 5) is 34.9. The Labute approximate surface area is 289 Å². The maximum absolute atomic E-state index is 12.7. The number of ether oxygens (including phenoxy) is 1. The van der Waals surface area contributed by atoms with E-state index < -0.39 is 5.97 Å². The van der Waals surface area contributed by atoms with Crippen LogP contribution >= 0.6 is 0 Å². The number of esters is 1. The van der Waals surface area contributed by atoms with Gasteiger partial charge in [-0.3, -0.25) is 14.4 Å². The number of hydrogen-bond acceptors (Lipinski definition) is 4. The predicted octanol–water partition coefficient (Wildman–Crippen LogP) is 11.7. The van der Waals surface area contributed by atoms with Gasteiger partial charge in [0.15, 0.2) is 0 Å². The quantitative estimate of drug-likeness (QED) is 0.0401. The number of carbonyl (C=O) groups is 3. The zero-order valence-corrected chi connectivity index (χ0v) is 30.6. The lowest BCUT2D eigenvalue weighted by atomic mass is 10.0. The van der Waals surface area contributed by atoms with Gasteiger partial charge < -0.3 is 15.2 Å². The fourth-order valence-electron chi connectivity index (χ4n) is 5.59. The summed E-state index contributed by atoms with van der Waals surface area (Å²) in [6, 6.07) is 0. The number of unbranched alkanes of at least 4 members (excludes halogenated alkanes) is 18. The van der Waals surface area contributed by atoms with Gasteiger partial charge in [0.25, 0.3) is 0 Å². The number of allylic oxidation sites excluding steroid dienone is 6. The molecule has 6 heteroatoms. The van der Waals surface area contributed by atoms with E-state index in [4.69, 9.17) is 9.84 Å². The Morgan fingerprint density at radius 3 is 1.64 bits per heavy atom. The van der Waals surface area contributed by atoms with Crippen LogP contribution in [0.4, 0.5) is 0 Å². The largest absolute Gasteiger partial charge is 0.480 e. The lowest BCUT2D eigenvalue weighted by molar-refractivity contribution is -0.150. The molecule has 0 aromatic rings. The van der Waals surface area contributed by atoms with Crippen molar-refractivity contribution in [2.24, 2.45) is 0 Å². The Morgan fingerprint density at radius 1 is 0.553 bits per heavy atom. The number of aliphatic carboxylic acids is 1. The van der Waals surface area contributed by atoms with Gasteiger partial charge in [0.2, 0.25) is 5.91 Å². The first-order chi connectivity index (χ1) is 23.0. The highest BCUT2D eigenvalue weighted by Crippen LogP contribution is 2.18. The molecule has 0 aliphatic heterocycles. The number of carbonyl (C=O) groups excluding carboxylic acids is 2.